The summed E-state index contributed by atoms with van der Waals surface area (Å²) < 4.78 is 1.83. The van der Waals surface area contributed by atoms with Crippen molar-refractivity contribution in [2.45, 2.75) is 0 Å². The summed E-state index contributed by atoms with van der Waals surface area (Å²) in [7, 11) is 2.06. The lowest BCUT2D eigenvalue weighted by molar-refractivity contribution is 0.0664. The first-order valence-corrected chi connectivity index (χ1v) is 11.4. The summed E-state index contributed by atoms with van der Waals surface area (Å²) in [5.41, 5.74) is 3.69. The molecule has 1 saturated heterocycles. The van der Waals surface area contributed by atoms with Crippen molar-refractivity contribution in [2.24, 2.45) is 0 Å². The van der Waals surface area contributed by atoms with Crippen molar-refractivity contribution in [1.29, 1.82) is 0 Å². The molecule has 0 radical (unpaired) electrons. The second kappa shape index (κ2) is 9.62. The normalized spacial score (nSPS) is 14.2. The van der Waals surface area contributed by atoms with Crippen LogP contribution in [0.15, 0.2) is 73.1 Å². The molecule has 4 aromatic rings. The molecule has 0 saturated carbocycles. The van der Waals surface area contributed by atoms with Gasteiger partial charge in [-0.2, -0.15) is 5.10 Å². The summed E-state index contributed by atoms with van der Waals surface area (Å²) in [4.78, 5) is 26.1. The Kier molecular flexibility index (Phi) is 6.24. The van der Waals surface area contributed by atoms with Gasteiger partial charge in [-0.05, 0) is 49.5 Å². The van der Waals surface area contributed by atoms with Gasteiger partial charge >= 0.3 is 0 Å². The van der Waals surface area contributed by atoms with Crippen LogP contribution in [0.2, 0.25) is 5.02 Å². The lowest BCUT2D eigenvalue weighted by Crippen LogP contribution is -2.47. The summed E-state index contributed by atoms with van der Waals surface area (Å²) in [6.07, 6.45) is 3.43. The van der Waals surface area contributed by atoms with Gasteiger partial charge in [-0.1, -0.05) is 29.8 Å². The van der Waals surface area contributed by atoms with E-state index in [-0.39, 0.29) is 5.91 Å². The topological polar surface area (TPSA) is 79.2 Å². The third kappa shape index (κ3) is 4.78. The van der Waals surface area contributed by atoms with Crippen molar-refractivity contribution in [1.82, 2.24) is 29.5 Å². The highest BCUT2D eigenvalue weighted by Crippen LogP contribution is 2.25. The maximum atomic E-state index is 13.0. The van der Waals surface area contributed by atoms with Crippen LogP contribution in [-0.4, -0.2) is 68.7 Å². The molecule has 2 aromatic heterocycles. The molecule has 34 heavy (non-hydrogen) atoms. The predicted octanol–water partition coefficient (Wildman–Crippen LogP) is 4.11. The number of amides is 1. The van der Waals surface area contributed by atoms with Gasteiger partial charge in [0.15, 0.2) is 0 Å². The molecule has 3 heterocycles. The fourth-order valence-corrected chi connectivity index (χ4v) is 4.18. The number of rotatable bonds is 5. The van der Waals surface area contributed by atoms with Gasteiger partial charge in [-0.3, -0.25) is 4.79 Å². The van der Waals surface area contributed by atoms with Crippen molar-refractivity contribution in [3.63, 3.8) is 0 Å². The van der Waals surface area contributed by atoms with E-state index in [0.29, 0.717) is 35.3 Å². The van der Waals surface area contributed by atoms with Gasteiger partial charge in [-0.15, -0.1) is 0 Å². The molecule has 8 nitrogen and oxygen atoms in total. The molecular weight excluding hydrogens is 450 g/mol. The van der Waals surface area contributed by atoms with Crippen LogP contribution in [0.5, 0.6) is 0 Å². The summed E-state index contributed by atoms with van der Waals surface area (Å²) in [6.45, 7) is 3.12. The average molecular weight is 474 g/mol. The minimum absolute atomic E-state index is 0.0277. The Balaban J connectivity index is 1.39. The van der Waals surface area contributed by atoms with Crippen LogP contribution in [-0.2, 0) is 0 Å². The highest BCUT2D eigenvalue weighted by molar-refractivity contribution is 6.31. The summed E-state index contributed by atoms with van der Waals surface area (Å²) >= 11 is 6.35. The third-order valence-corrected chi connectivity index (χ3v) is 5.97. The van der Waals surface area contributed by atoms with Crippen molar-refractivity contribution < 1.29 is 4.79 Å². The van der Waals surface area contributed by atoms with Gasteiger partial charge in [0.2, 0.25) is 5.95 Å². The number of piperazine rings is 1. The molecule has 1 fully saturated rings. The molecule has 0 spiro atoms. The van der Waals surface area contributed by atoms with Crippen LogP contribution in [0.1, 0.15) is 10.4 Å². The lowest BCUT2D eigenvalue weighted by atomic mass is 10.1. The maximum absolute atomic E-state index is 13.0. The van der Waals surface area contributed by atoms with E-state index in [4.69, 9.17) is 11.6 Å². The Hall–Kier alpha value is -3.75. The largest absolute Gasteiger partial charge is 0.336 e. The molecule has 1 aliphatic heterocycles. The van der Waals surface area contributed by atoms with E-state index in [2.05, 4.69) is 32.3 Å². The number of hydrogen-bond donors (Lipinski definition) is 1. The number of benzene rings is 2. The highest BCUT2D eigenvalue weighted by Gasteiger charge is 2.21. The molecule has 5 rings (SSSR count). The lowest BCUT2D eigenvalue weighted by Gasteiger charge is -2.32. The number of nitrogens with one attached hydrogen (secondary N) is 1. The van der Waals surface area contributed by atoms with Crippen molar-refractivity contribution in [3.05, 3.63) is 83.6 Å². The molecule has 1 aliphatic rings. The monoisotopic (exact) mass is 473 g/mol. The summed E-state index contributed by atoms with van der Waals surface area (Å²) in [5, 5.41) is 8.11. The number of likely N-dealkylation sites (N-methyl/N-ethyl adjacent to an activating group) is 1. The van der Waals surface area contributed by atoms with Crippen LogP contribution in [0.4, 0.5) is 11.6 Å². The Labute approximate surface area is 202 Å². The minimum atomic E-state index is -0.0277. The Morgan fingerprint density at radius 2 is 1.76 bits per heavy atom. The number of hydrogen-bond acceptors (Lipinski definition) is 6. The first-order valence-electron chi connectivity index (χ1n) is 11.1. The van der Waals surface area contributed by atoms with Gasteiger partial charge in [0, 0.05) is 48.6 Å². The van der Waals surface area contributed by atoms with Crippen LogP contribution >= 0.6 is 11.6 Å². The van der Waals surface area contributed by atoms with Crippen molar-refractivity contribution in [3.8, 4) is 17.1 Å². The number of aromatic nitrogens is 4. The Morgan fingerprint density at radius 1 is 0.971 bits per heavy atom. The number of carbonyl (C=O) groups excluding carboxylic acids is 1. The van der Waals surface area contributed by atoms with Crippen LogP contribution in [0.3, 0.4) is 0 Å². The molecule has 0 aliphatic carbocycles. The molecule has 0 atom stereocenters. The van der Waals surface area contributed by atoms with E-state index in [9.17, 15) is 4.79 Å². The number of halogens is 1. The van der Waals surface area contributed by atoms with Crippen molar-refractivity contribution >= 4 is 29.1 Å². The van der Waals surface area contributed by atoms with E-state index >= 15 is 0 Å². The quantitative estimate of drug-likeness (QED) is 0.470. The standard InChI is InChI=1S/C25H24ClN7O/c1-31-11-13-32(14-12-31)24(34)18-15-19(26)17-20(16-18)29-25-27-9-7-22(30-25)23-8-10-28-33(23)21-5-3-2-4-6-21/h2-10,15-17H,11-14H2,1H3,(H,27,29,30). The van der Waals surface area contributed by atoms with Gasteiger partial charge in [0.05, 0.1) is 23.3 Å². The molecule has 9 heteroatoms. The molecular formula is C25H24ClN7O. The zero-order chi connectivity index (χ0) is 23.5. The second-order valence-electron chi connectivity index (χ2n) is 8.18. The number of anilines is 2. The fourth-order valence-electron chi connectivity index (χ4n) is 3.94. The van der Waals surface area contributed by atoms with Crippen LogP contribution < -0.4 is 5.32 Å². The van der Waals surface area contributed by atoms with E-state index in [1.54, 1.807) is 30.6 Å². The number of carbonyl (C=O) groups is 1. The molecule has 1 amide bonds. The number of nitrogens with zero attached hydrogens (tertiary/aromatic N) is 6. The molecule has 1 N–H and O–H groups in total. The van der Waals surface area contributed by atoms with E-state index in [1.807, 2.05) is 52.0 Å². The van der Waals surface area contributed by atoms with Crippen molar-refractivity contribution in [2.75, 3.05) is 38.5 Å². The SMILES string of the molecule is CN1CCN(C(=O)c2cc(Cl)cc(Nc3nccc(-c4ccnn4-c4ccccc4)n3)c2)CC1. The first kappa shape index (κ1) is 22.1. The smallest absolute Gasteiger partial charge is 0.254 e. The highest BCUT2D eigenvalue weighted by atomic mass is 35.5. The van der Waals surface area contributed by atoms with E-state index in [1.165, 1.54) is 0 Å². The minimum Gasteiger partial charge on any atom is -0.336 e. The number of para-hydroxylation sites is 1. The fraction of sp³-hybridized carbons (Fsp3) is 0.200. The average Bonchev–Trinajstić information content (AvgIpc) is 3.35. The Morgan fingerprint density at radius 3 is 2.56 bits per heavy atom. The third-order valence-electron chi connectivity index (χ3n) is 5.75. The van der Waals surface area contributed by atoms with Crippen LogP contribution in [0.25, 0.3) is 17.1 Å². The molecule has 0 bridgehead atoms. The Bertz CT molecular complexity index is 1300. The van der Waals surface area contributed by atoms with E-state index < -0.39 is 0 Å². The molecule has 0 unspecified atom stereocenters. The second-order valence-corrected chi connectivity index (χ2v) is 8.61. The molecule has 2 aromatic carbocycles. The maximum Gasteiger partial charge on any atom is 0.254 e. The van der Waals surface area contributed by atoms with Gasteiger partial charge in [0.25, 0.3) is 5.91 Å². The first-order chi connectivity index (χ1) is 16.6. The summed E-state index contributed by atoms with van der Waals surface area (Å²) in [6, 6.07) is 18.9. The zero-order valence-corrected chi connectivity index (χ0v) is 19.5. The predicted molar refractivity (Wildman–Crippen MR) is 133 cm³/mol. The van der Waals surface area contributed by atoms with Gasteiger partial charge in [-0.25, -0.2) is 14.6 Å². The molecule has 172 valence electrons. The van der Waals surface area contributed by atoms with Gasteiger partial charge in [0.1, 0.15) is 0 Å². The van der Waals surface area contributed by atoms with E-state index in [0.717, 1.165) is 30.2 Å². The van der Waals surface area contributed by atoms with Gasteiger partial charge < -0.3 is 15.1 Å². The zero-order valence-electron chi connectivity index (χ0n) is 18.7. The summed E-state index contributed by atoms with van der Waals surface area (Å²) in [5.74, 6) is 0.374. The van der Waals surface area contributed by atoms with Crippen LogP contribution in [0, 0.1) is 0 Å².